The predicted molar refractivity (Wildman–Crippen MR) is 120 cm³/mol. The third-order valence-electron chi connectivity index (χ3n) is 5.27. The maximum atomic E-state index is 13.5. The van der Waals surface area contributed by atoms with Gasteiger partial charge in [-0.1, -0.05) is 35.9 Å². The summed E-state index contributed by atoms with van der Waals surface area (Å²) in [5.41, 5.74) is 1.06. The minimum Gasteiger partial charge on any atom is -0.490 e. The van der Waals surface area contributed by atoms with E-state index in [2.05, 4.69) is 0 Å². The zero-order chi connectivity index (χ0) is 21.4. The second kappa shape index (κ2) is 7.96. The van der Waals surface area contributed by atoms with E-state index in [1.807, 2.05) is 24.3 Å². The molecule has 0 spiro atoms. The summed E-state index contributed by atoms with van der Waals surface area (Å²) < 4.78 is 14.2. The van der Waals surface area contributed by atoms with Crippen molar-refractivity contribution in [2.24, 2.45) is 0 Å². The zero-order valence-electron chi connectivity index (χ0n) is 16.6. The van der Waals surface area contributed by atoms with Crippen molar-refractivity contribution in [2.75, 3.05) is 13.2 Å². The van der Waals surface area contributed by atoms with E-state index in [4.69, 9.17) is 21.1 Å². The Kier molecular flexibility index (Phi) is 5.00. The van der Waals surface area contributed by atoms with Crippen molar-refractivity contribution in [3.8, 4) is 17.2 Å². The highest BCUT2D eigenvalue weighted by Crippen LogP contribution is 2.30. The lowest BCUT2D eigenvalue weighted by Crippen LogP contribution is -2.39. The second-order valence-corrected chi connectivity index (χ2v) is 7.77. The molecule has 0 unspecified atom stereocenters. The quantitative estimate of drug-likeness (QED) is 0.488. The lowest BCUT2D eigenvalue weighted by Gasteiger charge is -2.15. The van der Waals surface area contributed by atoms with Crippen molar-refractivity contribution in [1.82, 2.24) is 9.13 Å². The van der Waals surface area contributed by atoms with E-state index in [-0.39, 0.29) is 12.1 Å². The SMILES string of the molecule is O=c1c2ccccc2n(Cc2ccc3c(c2)OCCCO3)c(=O)n1-c1cccc(Cl)c1. The van der Waals surface area contributed by atoms with Crippen molar-refractivity contribution >= 4 is 22.5 Å². The van der Waals surface area contributed by atoms with Crippen molar-refractivity contribution < 1.29 is 9.47 Å². The zero-order valence-corrected chi connectivity index (χ0v) is 17.3. The first-order chi connectivity index (χ1) is 15.1. The van der Waals surface area contributed by atoms with E-state index in [1.165, 1.54) is 0 Å². The van der Waals surface area contributed by atoms with E-state index in [1.54, 1.807) is 47.0 Å². The minimum absolute atomic E-state index is 0.275. The summed E-state index contributed by atoms with van der Waals surface area (Å²) in [5.74, 6) is 1.36. The van der Waals surface area contributed by atoms with Crippen LogP contribution in [0, 0.1) is 0 Å². The molecule has 5 rings (SSSR count). The lowest BCUT2D eigenvalue weighted by molar-refractivity contribution is 0.297. The maximum Gasteiger partial charge on any atom is 0.336 e. The largest absolute Gasteiger partial charge is 0.490 e. The summed E-state index contributed by atoms with van der Waals surface area (Å²) in [4.78, 5) is 26.7. The Morgan fingerprint density at radius 3 is 2.52 bits per heavy atom. The van der Waals surface area contributed by atoms with Gasteiger partial charge in [0, 0.05) is 11.4 Å². The molecule has 2 heterocycles. The van der Waals surface area contributed by atoms with Crippen LogP contribution in [0.25, 0.3) is 16.6 Å². The Bertz CT molecular complexity index is 1410. The Morgan fingerprint density at radius 2 is 1.68 bits per heavy atom. The Morgan fingerprint density at radius 1 is 0.871 bits per heavy atom. The number of ether oxygens (including phenoxy) is 2. The fraction of sp³-hybridized carbons (Fsp3) is 0.167. The highest BCUT2D eigenvalue weighted by atomic mass is 35.5. The standard InChI is InChI=1S/C24H19ClN2O4/c25-17-5-3-6-18(14-17)27-23(28)19-7-1-2-8-20(19)26(24(27)29)15-16-9-10-21-22(13-16)31-12-4-11-30-21/h1-3,5-10,13-14H,4,11-12,15H2. The van der Waals surface area contributed by atoms with E-state index in [0.717, 1.165) is 16.6 Å². The number of hydrogen-bond donors (Lipinski definition) is 0. The first-order valence-electron chi connectivity index (χ1n) is 10.0. The van der Waals surface area contributed by atoms with E-state index in [0.29, 0.717) is 46.3 Å². The molecule has 0 atom stereocenters. The highest BCUT2D eigenvalue weighted by molar-refractivity contribution is 6.30. The van der Waals surface area contributed by atoms with Gasteiger partial charge >= 0.3 is 5.69 Å². The molecule has 3 aromatic carbocycles. The van der Waals surface area contributed by atoms with Crippen LogP contribution in [0.3, 0.4) is 0 Å². The lowest BCUT2D eigenvalue weighted by atomic mass is 10.1. The molecular weight excluding hydrogens is 416 g/mol. The molecule has 1 aliphatic heterocycles. The number of benzene rings is 3. The number of aromatic nitrogens is 2. The van der Waals surface area contributed by atoms with Gasteiger partial charge in [-0.3, -0.25) is 9.36 Å². The Balaban J connectivity index is 1.69. The fourth-order valence-corrected chi connectivity index (χ4v) is 3.99. The van der Waals surface area contributed by atoms with Gasteiger partial charge in [-0.15, -0.1) is 0 Å². The summed E-state index contributed by atoms with van der Waals surface area (Å²) in [6.45, 7) is 1.47. The molecule has 0 bridgehead atoms. The molecule has 0 radical (unpaired) electrons. The van der Waals surface area contributed by atoms with Crippen LogP contribution in [0.1, 0.15) is 12.0 Å². The summed E-state index contributed by atoms with van der Waals surface area (Å²) in [7, 11) is 0. The third-order valence-corrected chi connectivity index (χ3v) is 5.50. The Hall–Kier alpha value is -3.51. The third kappa shape index (κ3) is 3.59. The van der Waals surface area contributed by atoms with Crippen molar-refractivity contribution in [3.63, 3.8) is 0 Å². The van der Waals surface area contributed by atoms with Gasteiger partial charge in [0.2, 0.25) is 0 Å². The van der Waals surface area contributed by atoms with Crippen LogP contribution in [-0.4, -0.2) is 22.3 Å². The van der Waals surface area contributed by atoms with Crippen LogP contribution < -0.4 is 20.7 Å². The first-order valence-corrected chi connectivity index (χ1v) is 10.4. The number of fused-ring (bicyclic) bond motifs is 2. The molecular formula is C24H19ClN2O4. The number of halogens is 1. The second-order valence-electron chi connectivity index (χ2n) is 7.34. The van der Waals surface area contributed by atoms with E-state index < -0.39 is 5.69 Å². The summed E-state index contributed by atoms with van der Waals surface area (Å²) in [6.07, 6.45) is 0.818. The van der Waals surface area contributed by atoms with Gasteiger partial charge in [-0.25, -0.2) is 9.36 Å². The minimum atomic E-state index is -0.432. The topological polar surface area (TPSA) is 62.5 Å². The molecule has 0 fully saturated rings. The van der Waals surface area contributed by atoms with E-state index in [9.17, 15) is 9.59 Å². The van der Waals surface area contributed by atoms with Crippen molar-refractivity contribution in [1.29, 1.82) is 0 Å². The van der Waals surface area contributed by atoms with Crippen LogP contribution in [0.5, 0.6) is 11.5 Å². The average molecular weight is 435 g/mol. The molecule has 1 aliphatic rings. The highest BCUT2D eigenvalue weighted by Gasteiger charge is 2.16. The summed E-state index contributed by atoms with van der Waals surface area (Å²) in [5, 5.41) is 0.905. The van der Waals surface area contributed by atoms with Gasteiger partial charge in [0.1, 0.15) is 0 Å². The maximum absolute atomic E-state index is 13.5. The van der Waals surface area contributed by atoms with Gasteiger partial charge in [0.25, 0.3) is 5.56 Å². The van der Waals surface area contributed by atoms with Gasteiger partial charge < -0.3 is 9.47 Å². The number of hydrogen-bond acceptors (Lipinski definition) is 4. The molecule has 0 saturated heterocycles. The average Bonchev–Trinajstić information content (AvgIpc) is 3.02. The van der Waals surface area contributed by atoms with Gasteiger partial charge in [-0.05, 0) is 48.0 Å². The monoisotopic (exact) mass is 434 g/mol. The number of rotatable bonds is 3. The normalized spacial score (nSPS) is 13.2. The van der Waals surface area contributed by atoms with Crippen LogP contribution >= 0.6 is 11.6 Å². The Labute approximate surface area is 182 Å². The molecule has 1 aromatic heterocycles. The molecule has 0 aliphatic carbocycles. The molecule has 4 aromatic rings. The molecule has 7 heteroatoms. The first kappa shape index (κ1) is 19.5. The van der Waals surface area contributed by atoms with Crippen LogP contribution in [0.2, 0.25) is 5.02 Å². The molecule has 156 valence electrons. The van der Waals surface area contributed by atoms with Crippen molar-refractivity contribution in [3.05, 3.63) is 98.2 Å². The predicted octanol–water partition coefficient (Wildman–Crippen LogP) is 4.02. The number of nitrogens with zero attached hydrogens (tertiary/aromatic N) is 2. The van der Waals surface area contributed by atoms with Gasteiger partial charge in [0.05, 0.1) is 36.3 Å². The van der Waals surface area contributed by atoms with Gasteiger partial charge in [0.15, 0.2) is 11.5 Å². The molecule has 0 amide bonds. The number of para-hydroxylation sites is 1. The molecule has 6 nitrogen and oxygen atoms in total. The molecule has 31 heavy (non-hydrogen) atoms. The fourth-order valence-electron chi connectivity index (χ4n) is 3.81. The van der Waals surface area contributed by atoms with Gasteiger partial charge in [-0.2, -0.15) is 0 Å². The van der Waals surface area contributed by atoms with Crippen LogP contribution in [0.4, 0.5) is 0 Å². The van der Waals surface area contributed by atoms with E-state index >= 15 is 0 Å². The summed E-state index contributed by atoms with van der Waals surface area (Å²) in [6, 6.07) is 19.5. The molecule has 0 saturated carbocycles. The molecule has 0 N–H and O–H groups in total. The summed E-state index contributed by atoms with van der Waals surface area (Å²) >= 11 is 6.12. The van der Waals surface area contributed by atoms with Crippen LogP contribution in [-0.2, 0) is 6.54 Å². The van der Waals surface area contributed by atoms with Crippen LogP contribution in [0.15, 0.2) is 76.3 Å². The van der Waals surface area contributed by atoms with Crippen molar-refractivity contribution in [2.45, 2.75) is 13.0 Å². The smallest absolute Gasteiger partial charge is 0.336 e.